The van der Waals surface area contributed by atoms with Gasteiger partial charge in [-0.3, -0.25) is 9.48 Å². The largest absolute Gasteiger partial charge is 0.356 e. The Bertz CT molecular complexity index is 614. The van der Waals surface area contributed by atoms with Crippen LogP contribution in [0.3, 0.4) is 0 Å². The van der Waals surface area contributed by atoms with Crippen LogP contribution < -0.4 is 5.32 Å². The molecular weight excluding hydrogens is 288 g/mol. The summed E-state index contributed by atoms with van der Waals surface area (Å²) in [6.07, 6.45) is 4.01. The molecule has 118 valence electrons. The molecule has 1 aromatic heterocycles. The standard InChI is InChI=1S/C16H19F2N3O/c1-12(11-21-8-2-7-20-21)10-19-16(22)6-4-13-3-5-14(17)9-15(13)18/h2-3,5,7-9,12H,4,6,10-11H2,1H3,(H,19,22)/t12-/m1/s1. The van der Waals surface area contributed by atoms with Crippen molar-refractivity contribution in [3.63, 3.8) is 0 Å². The lowest BCUT2D eigenvalue weighted by Gasteiger charge is -2.13. The quantitative estimate of drug-likeness (QED) is 0.854. The molecule has 2 rings (SSSR count). The number of amides is 1. The molecular formula is C16H19F2N3O. The van der Waals surface area contributed by atoms with E-state index < -0.39 is 11.6 Å². The molecule has 1 amide bonds. The molecule has 1 heterocycles. The minimum atomic E-state index is -0.613. The van der Waals surface area contributed by atoms with Crippen molar-refractivity contribution in [1.29, 1.82) is 0 Å². The number of carbonyl (C=O) groups is 1. The number of hydrogen-bond donors (Lipinski definition) is 1. The van der Waals surface area contributed by atoms with Crippen LogP contribution in [0.2, 0.25) is 0 Å². The van der Waals surface area contributed by atoms with E-state index in [1.54, 1.807) is 6.20 Å². The number of benzene rings is 1. The first kappa shape index (κ1) is 16.1. The summed E-state index contributed by atoms with van der Waals surface area (Å²) in [4.78, 5) is 11.8. The highest BCUT2D eigenvalue weighted by Crippen LogP contribution is 2.11. The van der Waals surface area contributed by atoms with Crippen molar-refractivity contribution in [3.8, 4) is 0 Å². The van der Waals surface area contributed by atoms with Gasteiger partial charge in [0, 0.05) is 38.0 Å². The second-order valence-electron chi connectivity index (χ2n) is 5.37. The normalized spacial score (nSPS) is 12.1. The SMILES string of the molecule is C[C@H](CNC(=O)CCc1ccc(F)cc1F)Cn1cccn1. The van der Waals surface area contributed by atoms with Gasteiger partial charge in [-0.15, -0.1) is 0 Å². The van der Waals surface area contributed by atoms with Gasteiger partial charge in [0.1, 0.15) is 11.6 Å². The van der Waals surface area contributed by atoms with Crippen molar-refractivity contribution < 1.29 is 13.6 Å². The third-order valence-corrected chi connectivity index (χ3v) is 3.34. The van der Waals surface area contributed by atoms with E-state index in [1.807, 2.05) is 23.9 Å². The number of carbonyl (C=O) groups excluding carboxylic acids is 1. The van der Waals surface area contributed by atoms with E-state index >= 15 is 0 Å². The molecule has 0 saturated carbocycles. The van der Waals surface area contributed by atoms with Crippen LogP contribution in [-0.4, -0.2) is 22.2 Å². The van der Waals surface area contributed by atoms with Crippen molar-refractivity contribution in [2.45, 2.75) is 26.3 Å². The first-order valence-corrected chi connectivity index (χ1v) is 7.22. The Kier molecular flexibility index (Phi) is 5.63. The Morgan fingerprint density at radius 3 is 2.91 bits per heavy atom. The van der Waals surface area contributed by atoms with Crippen molar-refractivity contribution in [2.75, 3.05) is 6.54 Å². The summed E-state index contributed by atoms with van der Waals surface area (Å²) in [5.74, 6) is -1.12. The van der Waals surface area contributed by atoms with E-state index in [1.165, 1.54) is 12.1 Å². The lowest BCUT2D eigenvalue weighted by atomic mass is 10.1. The van der Waals surface area contributed by atoms with Crippen molar-refractivity contribution in [2.24, 2.45) is 5.92 Å². The van der Waals surface area contributed by atoms with Gasteiger partial charge in [0.15, 0.2) is 0 Å². The molecule has 0 unspecified atom stereocenters. The van der Waals surface area contributed by atoms with Gasteiger partial charge in [-0.25, -0.2) is 8.78 Å². The second kappa shape index (κ2) is 7.68. The third-order valence-electron chi connectivity index (χ3n) is 3.34. The molecule has 1 aromatic carbocycles. The van der Waals surface area contributed by atoms with Gasteiger partial charge in [-0.2, -0.15) is 5.10 Å². The molecule has 0 radical (unpaired) electrons. The average molecular weight is 307 g/mol. The maximum absolute atomic E-state index is 13.4. The summed E-state index contributed by atoms with van der Waals surface area (Å²) in [6, 6.07) is 5.25. The minimum Gasteiger partial charge on any atom is -0.356 e. The van der Waals surface area contributed by atoms with Gasteiger partial charge < -0.3 is 5.32 Å². The summed E-state index contributed by atoms with van der Waals surface area (Å²) < 4.78 is 28.0. The lowest BCUT2D eigenvalue weighted by molar-refractivity contribution is -0.121. The van der Waals surface area contributed by atoms with E-state index in [-0.39, 0.29) is 24.7 Å². The fraction of sp³-hybridized carbons (Fsp3) is 0.375. The monoisotopic (exact) mass is 307 g/mol. The number of rotatable bonds is 7. The Hall–Kier alpha value is -2.24. The molecule has 0 aliphatic carbocycles. The summed E-state index contributed by atoms with van der Waals surface area (Å²) in [7, 11) is 0. The van der Waals surface area contributed by atoms with Crippen LogP contribution >= 0.6 is 0 Å². The second-order valence-corrected chi connectivity index (χ2v) is 5.37. The summed E-state index contributed by atoms with van der Waals surface area (Å²) >= 11 is 0. The molecule has 0 fully saturated rings. The number of halogens is 2. The Balaban J connectivity index is 1.71. The molecule has 22 heavy (non-hydrogen) atoms. The van der Waals surface area contributed by atoms with E-state index in [9.17, 15) is 13.6 Å². The molecule has 0 bridgehead atoms. The minimum absolute atomic E-state index is 0.143. The van der Waals surface area contributed by atoms with E-state index in [0.717, 1.165) is 12.6 Å². The molecule has 1 N–H and O–H groups in total. The van der Waals surface area contributed by atoms with Gasteiger partial charge in [0.2, 0.25) is 5.91 Å². The first-order chi connectivity index (χ1) is 10.5. The molecule has 0 aliphatic rings. The summed E-state index contributed by atoms with van der Waals surface area (Å²) in [5.41, 5.74) is 0.348. The highest BCUT2D eigenvalue weighted by Gasteiger charge is 2.09. The van der Waals surface area contributed by atoms with E-state index in [2.05, 4.69) is 10.4 Å². The van der Waals surface area contributed by atoms with Crippen LogP contribution in [0, 0.1) is 17.6 Å². The zero-order chi connectivity index (χ0) is 15.9. The first-order valence-electron chi connectivity index (χ1n) is 7.22. The Morgan fingerprint density at radius 2 is 2.23 bits per heavy atom. The molecule has 4 nitrogen and oxygen atoms in total. The number of aryl methyl sites for hydroxylation is 1. The number of hydrogen-bond acceptors (Lipinski definition) is 2. The van der Waals surface area contributed by atoms with Crippen LogP contribution in [0.15, 0.2) is 36.7 Å². The molecule has 2 aromatic rings. The van der Waals surface area contributed by atoms with Crippen LogP contribution in [-0.2, 0) is 17.8 Å². The summed E-state index contributed by atoms with van der Waals surface area (Å²) in [5, 5.41) is 6.93. The van der Waals surface area contributed by atoms with Crippen LogP contribution in [0.1, 0.15) is 18.9 Å². The van der Waals surface area contributed by atoms with Gasteiger partial charge in [0.05, 0.1) is 0 Å². The van der Waals surface area contributed by atoms with Gasteiger partial charge >= 0.3 is 0 Å². The van der Waals surface area contributed by atoms with Gasteiger partial charge in [0.25, 0.3) is 0 Å². The maximum Gasteiger partial charge on any atom is 0.220 e. The molecule has 0 aliphatic heterocycles. The van der Waals surface area contributed by atoms with E-state index in [0.29, 0.717) is 12.1 Å². The zero-order valence-corrected chi connectivity index (χ0v) is 12.4. The highest BCUT2D eigenvalue weighted by atomic mass is 19.1. The predicted molar refractivity (Wildman–Crippen MR) is 79.1 cm³/mol. The summed E-state index contributed by atoms with van der Waals surface area (Å²) in [6.45, 7) is 3.27. The highest BCUT2D eigenvalue weighted by molar-refractivity contribution is 5.76. The van der Waals surface area contributed by atoms with Gasteiger partial charge in [-0.05, 0) is 30.0 Å². The zero-order valence-electron chi connectivity index (χ0n) is 12.4. The van der Waals surface area contributed by atoms with Crippen molar-refractivity contribution in [1.82, 2.24) is 15.1 Å². The third kappa shape index (κ3) is 4.95. The Morgan fingerprint density at radius 1 is 1.41 bits per heavy atom. The number of aromatic nitrogens is 2. The Labute approximate surface area is 128 Å². The van der Waals surface area contributed by atoms with Gasteiger partial charge in [-0.1, -0.05) is 13.0 Å². The topological polar surface area (TPSA) is 46.9 Å². The van der Waals surface area contributed by atoms with Crippen LogP contribution in [0.5, 0.6) is 0 Å². The van der Waals surface area contributed by atoms with Crippen LogP contribution in [0.25, 0.3) is 0 Å². The number of nitrogens with one attached hydrogen (secondary N) is 1. The number of nitrogens with zero attached hydrogens (tertiary/aromatic N) is 2. The predicted octanol–water partition coefficient (Wildman–Crippen LogP) is 2.55. The van der Waals surface area contributed by atoms with E-state index in [4.69, 9.17) is 0 Å². The maximum atomic E-state index is 13.4. The fourth-order valence-electron chi connectivity index (χ4n) is 2.14. The molecule has 6 heteroatoms. The van der Waals surface area contributed by atoms with Crippen molar-refractivity contribution >= 4 is 5.91 Å². The molecule has 1 atom stereocenters. The molecule has 0 spiro atoms. The molecule has 0 saturated heterocycles. The smallest absolute Gasteiger partial charge is 0.220 e. The lowest BCUT2D eigenvalue weighted by Crippen LogP contribution is -2.30. The van der Waals surface area contributed by atoms with Crippen molar-refractivity contribution in [3.05, 3.63) is 53.9 Å². The van der Waals surface area contributed by atoms with Crippen LogP contribution in [0.4, 0.5) is 8.78 Å². The average Bonchev–Trinajstić information content (AvgIpc) is 2.97. The fourth-order valence-corrected chi connectivity index (χ4v) is 2.14.